The average Bonchev–Trinajstić information content (AvgIpc) is 3.11. The fourth-order valence-corrected chi connectivity index (χ4v) is 2.25. The molecule has 3 rings (SSSR count). The van der Waals surface area contributed by atoms with Crippen LogP contribution >= 0.6 is 0 Å². The first kappa shape index (κ1) is 12.1. The van der Waals surface area contributed by atoms with Crippen LogP contribution in [0.4, 0.5) is 5.69 Å². The molecule has 19 heavy (non-hydrogen) atoms. The molecule has 1 aliphatic rings. The molecule has 2 heterocycles. The van der Waals surface area contributed by atoms with Crippen LogP contribution in [0.1, 0.15) is 18.4 Å². The number of aromatic nitrogens is 4. The average molecular weight is 259 g/mol. The van der Waals surface area contributed by atoms with E-state index in [0.29, 0.717) is 6.10 Å². The summed E-state index contributed by atoms with van der Waals surface area (Å²) in [6, 6.07) is 6.12. The van der Waals surface area contributed by atoms with Crippen LogP contribution in [-0.2, 0) is 4.74 Å². The number of nitrogens with one attached hydrogen (secondary N) is 1. The van der Waals surface area contributed by atoms with Gasteiger partial charge in [-0.05, 0) is 47.9 Å². The van der Waals surface area contributed by atoms with E-state index in [2.05, 4.69) is 39.9 Å². The molecule has 1 aromatic heterocycles. The van der Waals surface area contributed by atoms with Crippen molar-refractivity contribution in [3.63, 3.8) is 0 Å². The highest BCUT2D eigenvalue weighted by atomic mass is 16.5. The summed E-state index contributed by atoms with van der Waals surface area (Å²) in [5, 5.41) is 14.7. The maximum Gasteiger partial charge on any atom is 0.143 e. The van der Waals surface area contributed by atoms with Gasteiger partial charge in [-0.1, -0.05) is 6.07 Å². The number of tetrazole rings is 1. The third-order valence-electron chi connectivity index (χ3n) is 3.38. The van der Waals surface area contributed by atoms with Gasteiger partial charge in [0.1, 0.15) is 6.33 Å². The van der Waals surface area contributed by atoms with Gasteiger partial charge in [0, 0.05) is 18.8 Å². The zero-order valence-electron chi connectivity index (χ0n) is 10.9. The molecule has 1 saturated heterocycles. The third kappa shape index (κ3) is 2.73. The van der Waals surface area contributed by atoms with Crippen LogP contribution < -0.4 is 5.32 Å². The van der Waals surface area contributed by atoms with Crippen molar-refractivity contribution in [2.75, 3.05) is 18.5 Å². The van der Waals surface area contributed by atoms with Gasteiger partial charge >= 0.3 is 0 Å². The first-order valence-electron chi connectivity index (χ1n) is 6.52. The summed E-state index contributed by atoms with van der Waals surface area (Å²) in [5.74, 6) is 0. The molecule has 1 aliphatic heterocycles. The molecule has 6 nitrogen and oxygen atoms in total. The lowest BCUT2D eigenvalue weighted by molar-refractivity contribution is 0.120. The first-order valence-corrected chi connectivity index (χ1v) is 6.52. The number of nitrogens with zero attached hydrogens (tertiary/aromatic N) is 4. The molecule has 2 aromatic rings. The molecule has 0 amide bonds. The van der Waals surface area contributed by atoms with Crippen molar-refractivity contribution in [1.29, 1.82) is 0 Å². The lowest BCUT2D eigenvalue weighted by Gasteiger charge is -2.14. The van der Waals surface area contributed by atoms with E-state index in [-0.39, 0.29) is 0 Å². The third-order valence-corrected chi connectivity index (χ3v) is 3.38. The van der Waals surface area contributed by atoms with E-state index in [1.165, 1.54) is 5.56 Å². The van der Waals surface area contributed by atoms with Gasteiger partial charge in [0.15, 0.2) is 0 Å². The molecular weight excluding hydrogens is 242 g/mol. The minimum absolute atomic E-state index is 0.330. The van der Waals surface area contributed by atoms with Crippen LogP contribution in [0, 0.1) is 6.92 Å². The standard InChI is InChI=1S/C13H17N5O/c1-10-4-5-11(18-9-15-16-17-18)7-13(10)14-8-12-3-2-6-19-12/h4-5,7,9,12,14H,2-3,6,8H2,1H3. The largest absolute Gasteiger partial charge is 0.382 e. The van der Waals surface area contributed by atoms with Crippen molar-refractivity contribution in [3.05, 3.63) is 30.1 Å². The number of anilines is 1. The van der Waals surface area contributed by atoms with Gasteiger partial charge in [0.05, 0.1) is 11.8 Å². The van der Waals surface area contributed by atoms with Crippen LogP contribution in [0.15, 0.2) is 24.5 Å². The maximum absolute atomic E-state index is 5.62. The summed E-state index contributed by atoms with van der Waals surface area (Å²) in [5.41, 5.74) is 3.25. The van der Waals surface area contributed by atoms with Crippen LogP contribution in [0.2, 0.25) is 0 Å². The summed E-state index contributed by atoms with van der Waals surface area (Å²) in [7, 11) is 0. The highest BCUT2D eigenvalue weighted by molar-refractivity contribution is 5.56. The number of benzene rings is 1. The molecule has 1 N–H and O–H groups in total. The van der Waals surface area contributed by atoms with Gasteiger partial charge in [-0.2, -0.15) is 0 Å². The lowest BCUT2D eigenvalue weighted by Crippen LogP contribution is -2.18. The molecule has 0 aliphatic carbocycles. The van der Waals surface area contributed by atoms with E-state index in [1.54, 1.807) is 11.0 Å². The van der Waals surface area contributed by atoms with E-state index in [1.807, 2.05) is 6.07 Å². The number of ether oxygens (including phenoxy) is 1. The van der Waals surface area contributed by atoms with Gasteiger partial charge in [-0.3, -0.25) is 0 Å². The predicted octanol–water partition coefficient (Wildman–Crippen LogP) is 1.56. The SMILES string of the molecule is Cc1ccc(-n2cnnn2)cc1NCC1CCCO1. The molecule has 1 aromatic carbocycles. The van der Waals surface area contributed by atoms with Crippen molar-refractivity contribution >= 4 is 5.69 Å². The Labute approximate surface area is 111 Å². The van der Waals surface area contributed by atoms with Crippen LogP contribution in [0.25, 0.3) is 5.69 Å². The lowest BCUT2D eigenvalue weighted by atomic mass is 10.1. The summed E-state index contributed by atoms with van der Waals surface area (Å²) >= 11 is 0. The maximum atomic E-state index is 5.62. The van der Waals surface area contributed by atoms with E-state index in [0.717, 1.165) is 37.4 Å². The Morgan fingerprint density at radius 1 is 1.47 bits per heavy atom. The van der Waals surface area contributed by atoms with Crippen molar-refractivity contribution in [2.24, 2.45) is 0 Å². The summed E-state index contributed by atoms with van der Waals surface area (Å²) in [6.07, 6.45) is 4.22. The normalized spacial score (nSPS) is 18.7. The van der Waals surface area contributed by atoms with Crippen molar-refractivity contribution in [2.45, 2.75) is 25.9 Å². The smallest absolute Gasteiger partial charge is 0.143 e. The van der Waals surface area contributed by atoms with E-state index >= 15 is 0 Å². The first-order chi connectivity index (χ1) is 9.33. The van der Waals surface area contributed by atoms with Crippen LogP contribution in [0.5, 0.6) is 0 Å². The highest BCUT2D eigenvalue weighted by Crippen LogP contribution is 2.20. The Bertz CT molecular complexity index is 534. The summed E-state index contributed by atoms with van der Waals surface area (Å²) in [4.78, 5) is 0. The molecule has 0 spiro atoms. The zero-order valence-corrected chi connectivity index (χ0v) is 10.9. The Morgan fingerprint density at radius 3 is 3.16 bits per heavy atom. The van der Waals surface area contributed by atoms with Gasteiger partial charge < -0.3 is 10.1 Å². The molecule has 100 valence electrons. The molecular formula is C13H17N5O. The van der Waals surface area contributed by atoms with Crippen molar-refractivity contribution < 1.29 is 4.74 Å². The number of hydrogen-bond acceptors (Lipinski definition) is 5. The van der Waals surface area contributed by atoms with Gasteiger partial charge in [-0.15, -0.1) is 5.10 Å². The number of aryl methyl sites for hydroxylation is 1. The highest BCUT2D eigenvalue weighted by Gasteiger charge is 2.15. The van der Waals surface area contributed by atoms with Crippen LogP contribution in [0.3, 0.4) is 0 Å². The van der Waals surface area contributed by atoms with Gasteiger partial charge in [-0.25, -0.2) is 4.68 Å². The van der Waals surface area contributed by atoms with E-state index in [4.69, 9.17) is 4.74 Å². The summed E-state index contributed by atoms with van der Waals surface area (Å²) in [6.45, 7) is 3.82. The van der Waals surface area contributed by atoms with Crippen molar-refractivity contribution in [3.8, 4) is 5.69 Å². The summed E-state index contributed by atoms with van der Waals surface area (Å²) < 4.78 is 7.27. The van der Waals surface area contributed by atoms with E-state index in [9.17, 15) is 0 Å². The minimum atomic E-state index is 0.330. The van der Waals surface area contributed by atoms with Crippen molar-refractivity contribution in [1.82, 2.24) is 20.2 Å². The number of hydrogen-bond donors (Lipinski definition) is 1. The fraction of sp³-hybridized carbons (Fsp3) is 0.462. The Morgan fingerprint density at radius 2 is 2.42 bits per heavy atom. The molecule has 1 unspecified atom stereocenters. The topological polar surface area (TPSA) is 64.9 Å². The Kier molecular flexibility index (Phi) is 3.41. The second kappa shape index (κ2) is 5.36. The van der Waals surface area contributed by atoms with Gasteiger partial charge in [0.2, 0.25) is 0 Å². The number of rotatable bonds is 4. The predicted molar refractivity (Wildman–Crippen MR) is 71.4 cm³/mol. The second-order valence-electron chi connectivity index (χ2n) is 4.77. The Hall–Kier alpha value is -1.95. The molecule has 0 saturated carbocycles. The van der Waals surface area contributed by atoms with Gasteiger partial charge in [0.25, 0.3) is 0 Å². The second-order valence-corrected chi connectivity index (χ2v) is 4.77. The molecule has 1 fully saturated rings. The molecule has 1 atom stereocenters. The molecule has 0 bridgehead atoms. The monoisotopic (exact) mass is 259 g/mol. The van der Waals surface area contributed by atoms with E-state index < -0.39 is 0 Å². The fourth-order valence-electron chi connectivity index (χ4n) is 2.25. The molecule has 6 heteroatoms. The Balaban J connectivity index is 1.74. The minimum Gasteiger partial charge on any atom is -0.382 e. The quantitative estimate of drug-likeness (QED) is 0.902. The zero-order chi connectivity index (χ0) is 13.1. The van der Waals surface area contributed by atoms with Crippen LogP contribution in [-0.4, -0.2) is 39.5 Å². The molecule has 0 radical (unpaired) electrons.